The average Bonchev–Trinajstić information content (AvgIpc) is 2.52. The van der Waals surface area contributed by atoms with E-state index in [-0.39, 0.29) is 36.3 Å². The lowest BCUT2D eigenvalue weighted by Crippen LogP contribution is -2.43. The maximum Gasteiger partial charge on any atom is 0.241 e. The molecule has 0 radical (unpaired) electrons. The van der Waals surface area contributed by atoms with E-state index in [0.717, 1.165) is 6.42 Å². The molecule has 0 saturated carbocycles. The molecular formula is C13H26N2O3S. The van der Waals surface area contributed by atoms with E-state index < -0.39 is 9.84 Å². The van der Waals surface area contributed by atoms with Gasteiger partial charge in [-0.3, -0.25) is 10.1 Å². The van der Waals surface area contributed by atoms with Gasteiger partial charge in [-0.2, -0.15) is 0 Å². The quantitative estimate of drug-likeness (QED) is 0.788. The molecule has 0 aromatic rings. The van der Waals surface area contributed by atoms with Crippen LogP contribution in [0.4, 0.5) is 0 Å². The van der Waals surface area contributed by atoms with Crippen LogP contribution in [0.25, 0.3) is 0 Å². The number of carbonyl (C=O) groups is 1. The average molecular weight is 290 g/mol. The zero-order valence-electron chi connectivity index (χ0n) is 12.5. The standard InChI is InChI=1S/C13H26N2O3S/c1-9(2)8-11-13(16)15(6-7-19(5,17)18)12(14-11)10(3)4/h9-12,14H,6-8H2,1-5H3. The molecule has 1 aliphatic heterocycles. The predicted octanol–water partition coefficient (Wildman–Crippen LogP) is 0.860. The second-order valence-corrected chi connectivity index (χ2v) is 8.46. The summed E-state index contributed by atoms with van der Waals surface area (Å²) < 4.78 is 22.5. The van der Waals surface area contributed by atoms with Crippen LogP contribution >= 0.6 is 0 Å². The molecule has 1 aliphatic rings. The highest BCUT2D eigenvalue weighted by atomic mass is 32.2. The summed E-state index contributed by atoms with van der Waals surface area (Å²) >= 11 is 0. The van der Waals surface area contributed by atoms with Gasteiger partial charge in [-0.25, -0.2) is 8.42 Å². The molecule has 2 atom stereocenters. The van der Waals surface area contributed by atoms with Crippen LogP contribution in [0.1, 0.15) is 34.1 Å². The van der Waals surface area contributed by atoms with Crippen LogP contribution in [0, 0.1) is 11.8 Å². The fraction of sp³-hybridized carbons (Fsp3) is 0.923. The third kappa shape index (κ3) is 4.76. The molecule has 0 aromatic heterocycles. The normalized spacial score (nSPS) is 24.8. The number of amides is 1. The summed E-state index contributed by atoms with van der Waals surface area (Å²) in [5, 5.41) is 3.34. The minimum atomic E-state index is -3.05. The molecule has 1 N–H and O–H groups in total. The minimum Gasteiger partial charge on any atom is -0.325 e. The summed E-state index contributed by atoms with van der Waals surface area (Å²) in [4.78, 5) is 14.0. The Morgan fingerprint density at radius 2 is 1.84 bits per heavy atom. The van der Waals surface area contributed by atoms with Crippen molar-refractivity contribution >= 4 is 15.7 Å². The van der Waals surface area contributed by atoms with Gasteiger partial charge in [0.1, 0.15) is 9.84 Å². The molecule has 0 bridgehead atoms. The first kappa shape index (κ1) is 16.4. The van der Waals surface area contributed by atoms with Crippen molar-refractivity contribution in [3.05, 3.63) is 0 Å². The smallest absolute Gasteiger partial charge is 0.241 e. The number of nitrogens with zero attached hydrogens (tertiary/aromatic N) is 1. The fourth-order valence-electron chi connectivity index (χ4n) is 2.41. The van der Waals surface area contributed by atoms with Gasteiger partial charge in [0.2, 0.25) is 5.91 Å². The van der Waals surface area contributed by atoms with Gasteiger partial charge in [0, 0.05) is 12.8 Å². The second kappa shape index (κ2) is 6.22. The molecule has 0 aliphatic carbocycles. The molecular weight excluding hydrogens is 264 g/mol. The van der Waals surface area contributed by atoms with Crippen molar-refractivity contribution < 1.29 is 13.2 Å². The topological polar surface area (TPSA) is 66.5 Å². The molecule has 0 aromatic carbocycles. The van der Waals surface area contributed by atoms with Crippen LogP contribution in [0.15, 0.2) is 0 Å². The first-order valence-electron chi connectivity index (χ1n) is 6.86. The zero-order chi connectivity index (χ0) is 14.8. The van der Waals surface area contributed by atoms with E-state index >= 15 is 0 Å². The highest BCUT2D eigenvalue weighted by Crippen LogP contribution is 2.21. The molecule has 112 valence electrons. The zero-order valence-corrected chi connectivity index (χ0v) is 13.3. The molecule has 1 rings (SSSR count). The molecule has 5 nitrogen and oxygen atoms in total. The van der Waals surface area contributed by atoms with Gasteiger partial charge < -0.3 is 4.90 Å². The predicted molar refractivity (Wildman–Crippen MR) is 76.4 cm³/mol. The maximum absolute atomic E-state index is 12.3. The molecule has 1 amide bonds. The van der Waals surface area contributed by atoms with Crippen molar-refractivity contribution in [2.75, 3.05) is 18.6 Å². The van der Waals surface area contributed by atoms with Crippen LogP contribution in [-0.2, 0) is 14.6 Å². The maximum atomic E-state index is 12.3. The van der Waals surface area contributed by atoms with Crippen LogP contribution in [-0.4, -0.2) is 50.0 Å². The lowest BCUT2D eigenvalue weighted by molar-refractivity contribution is -0.130. The summed E-state index contributed by atoms with van der Waals surface area (Å²) in [6, 6.07) is -0.174. The lowest BCUT2D eigenvalue weighted by Gasteiger charge is -2.26. The Kier molecular flexibility index (Phi) is 5.38. The van der Waals surface area contributed by atoms with Gasteiger partial charge in [0.15, 0.2) is 0 Å². The number of carbonyl (C=O) groups excluding carboxylic acids is 1. The van der Waals surface area contributed by atoms with E-state index in [0.29, 0.717) is 5.92 Å². The first-order chi connectivity index (χ1) is 8.61. The Labute approximate surface area is 116 Å². The first-order valence-corrected chi connectivity index (χ1v) is 8.92. The van der Waals surface area contributed by atoms with E-state index in [1.165, 1.54) is 6.26 Å². The molecule has 2 unspecified atom stereocenters. The SMILES string of the molecule is CC(C)CC1NC(C(C)C)N(CCS(C)(=O)=O)C1=O. The largest absolute Gasteiger partial charge is 0.325 e. The number of hydrogen-bond donors (Lipinski definition) is 1. The number of sulfone groups is 1. The van der Waals surface area contributed by atoms with Crippen molar-refractivity contribution in [2.24, 2.45) is 11.8 Å². The third-order valence-corrected chi connectivity index (χ3v) is 4.25. The van der Waals surface area contributed by atoms with E-state index in [1.54, 1.807) is 4.90 Å². The van der Waals surface area contributed by atoms with Gasteiger partial charge in [0.25, 0.3) is 0 Å². The summed E-state index contributed by atoms with van der Waals surface area (Å²) in [5.41, 5.74) is 0. The molecule has 1 heterocycles. The Hall–Kier alpha value is -0.620. The minimum absolute atomic E-state index is 0.0258. The van der Waals surface area contributed by atoms with Crippen LogP contribution in [0.3, 0.4) is 0 Å². The van der Waals surface area contributed by atoms with Crippen LogP contribution < -0.4 is 5.32 Å². The van der Waals surface area contributed by atoms with Crippen LogP contribution in [0.2, 0.25) is 0 Å². The molecule has 1 fully saturated rings. The van der Waals surface area contributed by atoms with E-state index in [1.807, 2.05) is 13.8 Å². The van der Waals surface area contributed by atoms with Crippen molar-refractivity contribution in [2.45, 2.75) is 46.3 Å². The second-order valence-electron chi connectivity index (χ2n) is 6.20. The van der Waals surface area contributed by atoms with Crippen LogP contribution in [0.5, 0.6) is 0 Å². The summed E-state index contributed by atoms with van der Waals surface area (Å²) in [6.45, 7) is 8.52. The van der Waals surface area contributed by atoms with Gasteiger partial charge in [-0.1, -0.05) is 27.7 Å². The Morgan fingerprint density at radius 1 is 1.26 bits per heavy atom. The van der Waals surface area contributed by atoms with E-state index in [2.05, 4.69) is 19.2 Å². The number of hydrogen-bond acceptors (Lipinski definition) is 4. The van der Waals surface area contributed by atoms with E-state index in [9.17, 15) is 13.2 Å². The summed E-state index contributed by atoms with van der Waals surface area (Å²) in [7, 11) is -3.05. The van der Waals surface area contributed by atoms with Gasteiger partial charge >= 0.3 is 0 Å². The Morgan fingerprint density at radius 3 is 2.26 bits per heavy atom. The van der Waals surface area contributed by atoms with E-state index in [4.69, 9.17) is 0 Å². The molecule has 6 heteroatoms. The van der Waals surface area contributed by atoms with Crippen molar-refractivity contribution in [1.82, 2.24) is 10.2 Å². The fourth-order valence-corrected chi connectivity index (χ4v) is 2.94. The molecule has 0 spiro atoms. The molecule has 19 heavy (non-hydrogen) atoms. The summed E-state index contributed by atoms with van der Waals surface area (Å²) in [5.74, 6) is 0.763. The van der Waals surface area contributed by atoms with Gasteiger partial charge in [0.05, 0.1) is 18.0 Å². The van der Waals surface area contributed by atoms with Crippen molar-refractivity contribution in [3.63, 3.8) is 0 Å². The third-order valence-electron chi connectivity index (χ3n) is 3.33. The lowest BCUT2D eigenvalue weighted by atomic mass is 10.0. The Bertz CT molecular complexity index is 418. The Balaban J connectivity index is 2.77. The monoisotopic (exact) mass is 290 g/mol. The van der Waals surface area contributed by atoms with Gasteiger partial charge in [-0.15, -0.1) is 0 Å². The molecule has 1 saturated heterocycles. The highest BCUT2D eigenvalue weighted by Gasteiger charge is 2.40. The van der Waals surface area contributed by atoms with Crippen molar-refractivity contribution in [1.29, 1.82) is 0 Å². The van der Waals surface area contributed by atoms with Gasteiger partial charge in [-0.05, 0) is 18.3 Å². The number of rotatable bonds is 6. The van der Waals surface area contributed by atoms with Crippen molar-refractivity contribution in [3.8, 4) is 0 Å². The summed E-state index contributed by atoms with van der Waals surface area (Å²) in [6.07, 6.45) is 1.94. The number of nitrogens with one attached hydrogen (secondary N) is 1. The highest BCUT2D eigenvalue weighted by molar-refractivity contribution is 7.90.